The summed E-state index contributed by atoms with van der Waals surface area (Å²) in [5.41, 5.74) is 1.19. The second-order valence-corrected chi connectivity index (χ2v) is 3.49. The van der Waals surface area contributed by atoms with Crippen molar-refractivity contribution in [1.82, 2.24) is 4.98 Å². The molecule has 1 N–H and O–H groups in total. The van der Waals surface area contributed by atoms with Gasteiger partial charge in [0.1, 0.15) is 5.82 Å². The Bertz CT molecular complexity index is 557. The second-order valence-electron chi connectivity index (χ2n) is 3.49. The number of hydrogen-bond acceptors (Lipinski definition) is 1. The molecule has 2 rings (SSSR count). The van der Waals surface area contributed by atoms with Gasteiger partial charge in [-0.1, -0.05) is 0 Å². The molecule has 0 aliphatic carbocycles. The lowest BCUT2D eigenvalue weighted by Gasteiger charge is -2.02. The molecule has 14 heavy (non-hydrogen) atoms. The highest BCUT2D eigenvalue weighted by Gasteiger charge is 2.05. The fraction of sp³-hybridized carbons (Fsp3) is 0.182. The van der Waals surface area contributed by atoms with Crippen molar-refractivity contribution in [3.05, 3.63) is 45.6 Å². The predicted molar refractivity (Wildman–Crippen MR) is 54.0 cm³/mol. The van der Waals surface area contributed by atoms with Crippen LogP contribution in [0.15, 0.2) is 23.0 Å². The molecule has 1 aromatic heterocycles. The van der Waals surface area contributed by atoms with Gasteiger partial charge >= 0.3 is 0 Å². The molecule has 2 nitrogen and oxygen atoms in total. The average molecular weight is 191 g/mol. The van der Waals surface area contributed by atoms with Crippen molar-refractivity contribution in [2.75, 3.05) is 0 Å². The van der Waals surface area contributed by atoms with Gasteiger partial charge < -0.3 is 4.98 Å². The Morgan fingerprint density at radius 1 is 1.14 bits per heavy atom. The van der Waals surface area contributed by atoms with Crippen LogP contribution in [0.5, 0.6) is 0 Å². The zero-order valence-electron chi connectivity index (χ0n) is 8.02. The molecular weight excluding hydrogens is 181 g/mol. The highest BCUT2D eigenvalue weighted by Crippen LogP contribution is 2.16. The van der Waals surface area contributed by atoms with Gasteiger partial charge in [0.05, 0.1) is 5.39 Å². The Labute approximate surface area is 80.4 Å². The van der Waals surface area contributed by atoms with Crippen molar-refractivity contribution in [1.29, 1.82) is 0 Å². The first-order chi connectivity index (χ1) is 6.58. The number of pyridine rings is 1. The number of benzene rings is 1. The highest BCUT2D eigenvalue weighted by molar-refractivity contribution is 5.83. The third-order valence-corrected chi connectivity index (χ3v) is 2.19. The Balaban J connectivity index is 3.02. The van der Waals surface area contributed by atoms with E-state index in [2.05, 4.69) is 4.98 Å². The Morgan fingerprint density at radius 3 is 2.57 bits per heavy atom. The van der Waals surface area contributed by atoms with Gasteiger partial charge in [-0.05, 0) is 37.6 Å². The van der Waals surface area contributed by atoms with Crippen molar-refractivity contribution in [3.63, 3.8) is 0 Å². The molecule has 3 heteroatoms. The van der Waals surface area contributed by atoms with Crippen LogP contribution < -0.4 is 5.56 Å². The van der Waals surface area contributed by atoms with Crippen molar-refractivity contribution in [3.8, 4) is 0 Å². The van der Waals surface area contributed by atoms with Gasteiger partial charge in [-0.2, -0.15) is 0 Å². The minimum atomic E-state index is -0.339. The zero-order valence-corrected chi connectivity index (χ0v) is 8.02. The van der Waals surface area contributed by atoms with E-state index in [0.717, 1.165) is 5.56 Å². The Morgan fingerprint density at radius 2 is 1.86 bits per heavy atom. The molecule has 0 bridgehead atoms. The van der Waals surface area contributed by atoms with Gasteiger partial charge in [0.15, 0.2) is 0 Å². The third-order valence-electron chi connectivity index (χ3n) is 2.19. The summed E-state index contributed by atoms with van der Waals surface area (Å²) in [5, 5.41) is 0.796. The Hall–Kier alpha value is -1.64. The number of rotatable bonds is 0. The van der Waals surface area contributed by atoms with E-state index in [-0.39, 0.29) is 11.4 Å². The third kappa shape index (κ3) is 1.31. The number of hydrogen-bond donors (Lipinski definition) is 1. The van der Waals surface area contributed by atoms with Gasteiger partial charge in [0, 0.05) is 11.1 Å². The predicted octanol–water partition coefficient (Wildman–Crippen LogP) is 2.28. The molecule has 0 unspecified atom stereocenters. The van der Waals surface area contributed by atoms with Crippen LogP contribution in [0.3, 0.4) is 0 Å². The molecule has 1 heterocycles. The van der Waals surface area contributed by atoms with E-state index in [1.807, 2.05) is 0 Å². The van der Waals surface area contributed by atoms with Gasteiger partial charge in [0.2, 0.25) is 0 Å². The number of halogens is 1. The van der Waals surface area contributed by atoms with Gasteiger partial charge in [-0.15, -0.1) is 0 Å². The number of H-pyrrole nitrogens is 1. The molecule has 0 spiro atoms. The maximum absolute atomic E-state index is 13.5. The largest absolute Gasteiger partial charge is 0.326 e. The SMILES string of the molecule is Cc1cc(F)c2cc(C)[nH]c(=O)c2c1. The summed E-state index contributed by atoms with van der Waals surface area (Å²) in [7, 11) is 0. The summed E-state index contributed by atoms with van der Waals surface area (Å²) in [6.07, 6.45) is 0. The normalized spacial score (nSPS) is 10.8. The number of aromatic nitrogens is 1. The lowest BCUT2D eigenvalue weighted by molar-refractivity contribution is 0.638. The number of aromatic amines is 1. The van der Waals surface area contributed by atoms with E-state index in [9.17, 15) is 9.18 Å². The zero-order chi connectivity index (χ0) is 10.3. The van der Waals surface area contributed by atoms with Gasteiger partial charge in [-0.25, -0.2) is 4.39 Å². The van der Waals surface area contributed by atoms with Crippen molar-refractivity contribution >= 4 is 10.8 Å². The van der Waals surface area contributed by atoms with Crippen LogP contribution in [0, 0.1) is 19.7 Å². The molecule has 0 amide bonds. The maximum Gasteiger partial charge on any atom is 0.256 e. The number of aryl methyl sites for hydroxylation is 2. The molecule has 72 valence electrons. The first kappa shape index (κ1) is 8.94. The molecule has 0 aliphatic rings. The molecule has 2 aromatic rings. The minimum Gasteiger partial charge on any atom is -0.326 e. The van der Waals surface area contributed by atoms with Crippen LogP contribution in [0.25, 0.3) is 10.8 Å². The molecule has 0 fully saturated rings. The van der Waals surface area contributed by atoms with Gasteiger partial charge in [-0.3, -0.25) is 4.79 Å². The van der Waals surface area contributed by atoms with Crippen LogP contribution in [-0.2, 0) is 0 Å². The molecule has 0 saturated carbocycles. The molecule has 0 radical (unpaired) electrons. The van der Waals surface area contributed by atoms with Crippen molar-refractivity contribution < 1.29 is 4.39 Å². The first-order valence-electron chi connectivity index (χ1n) is 4.38. The van der Waals surface area contributed by atoms with Crippen LogP contribution in [0.1, 0.15) is 11.3 Å². The van der Waals surface area contributed by atoms with Crippen LogP contribution in [0.4, 0.5) is 4.39 Å². The van der Waals surface area contributed by atoms with Gasteiger partial charge in [0.25, 0.3) is 5.56 Å². The summed E-state index contributed by atoms with van der Waals surface area (Å²) in [6.45, 7) is 3.50. The minimum absolute atomic E-state index is 0.234. The first-order valence-corrected chi connectivity index (χ1v) is 4.38. The topological polar surface area (TPSA) is 32.9 Å². The van der Waals surface area contributed by atoms with E-state index in [4.69, 9.17) is 0 Å². The molecule has 0 atom stereocenters. The molecular formula is C11H10FNO. The highest BCUT2D eigenvalue weighted by atomic mass is 19.1. The number of nitrogens with one attached hydrogen (secondary N) is 1. The van der Waals surface area contributed by atoms with E-state index in [0.29, 0.717) is 16.5 Å². The summed E-state index contributed by atoms with van der Waals surface area (Å²) in [5.74, 6) is -0.339. The van der Waals surface area contributed by atoms with Crippen LogP contribution in [-0.4, -0.2) is 4.98 Å². The molecule has 1 aromatic carbocycles. The summed E-state index contributed by atoms with van der Waals surface area (Å²) < 4.78 is 13.5. The lowest BCUT2D eigenvalue weighted by atomic mass is 10.1. The summed E-state index contributed by atoms with van der Waals surface area (Å²) in [4.78, 5) is 14.1. The van der Waals surface area contributed by atoms with Crippen LogP contribution >= 0.6 is 0 Å². The van der Waals surface area contributed by atoms with Crippen molar-refractivity contribution in [2.24, 2.45) is 0 Å². The fourth-order valence-corrected chi connectivity index (χ4v) is 1.59. The van der Waals surface area contributed by atoms with E-state index in [1.54, 1.807) is 26.0 Å². The average Bonchev–Trinajstić information content (AvgIpc) is 2.07. The smallest absolute Gasteiger partial charge is 0.256 e. The van der Waals surface area contributed by atoms with Crippen molar-refractivity contribution in [2.45, 2.75) is 13.8 Å². The Kier molecular flexibility index (Phi) is 1.88. The maximum atomic E-state index is 13.5. The standard InChI is InChI=1S/C11H10FNO/c1-6-3-9-8(10(12)4-6)5-7(2)13-11(9)14/h3-5H,1-2H3,(H,13,14). The molecule has 0 saturated heterocycles. The summed E-state index contributed by atoms with van der Waals surface area (Å²) in [6, 6.07) is 4.77. The number of fused-ring (bicyclic) bond motifs is 1. The quantitative estimate of drug-likeness (QED) is 0.680. The van der Waals surface area contributed by atoms with Crippen LogP contribution in [0.2, 0.25) is 0 Å². The molecule has 0 aliphatic heterocycles. The van der Waals surface area contributed by atoms with E-state index < -0.39 is 0 Å². The second kappa shape index (κ2) is 2.94. The van der Waals surface area contributed by atoms with E-state index >= 15 is 0 Å². The monoisotopic (exact) mass is 191 g/mol. The lowest BCUT2D eigenvalue weighted by Crippen LogP contribution is -2.08. The fourth-order valence-electron chi connectivity index (χ4n) is 1.59. The summed E-state index contributed by atoms with van der Waals surface area (Å²) >= 11 is 0. The van der Waals surface area contributed by atoms with E-state index in [1.165, 1.54) is 6.07 Å².